The molecular formula is C13H19N3O3. The van der Waals surface area contributed by atoms with Gasteiger partial charge < -0.3 is 9.73 Å². The monoisotopic (exact) mass is 265 g/mol. The second-order valence-electron chi connectivity index (χ2n) is 4.51. The van der Waals surface area contributed by atoms with Gasteiger partial charge in [-0.25, -0.2) is 5.43 Å². The fourth-order valence-electron chi connectivity index (χ4n) is 1.21. The first-order valence-corrected chi connectivity index (χ1v) is 6.11. The van der Waals surface area contributed by atoms with Crippen molar-refractivity contribution < 1.29 is 14.0 Å². The normalized spacial score (nSPS) is 11.5. The van der Waals surface area contributed by atoms with Gasteiger partial charge in [0.25, 0.3) is 0 Å². The summed E-state index contributed by atoms with van der Waals surface area (Å²) in [6, 6.07) is 3.54. The largest absolute Gasteiger partial charge is 0.467 e. The van der Waals surface area contributed by atoms with Crippen LogP contribution >= 0.6 is 0 Å². The summed E-state index contributed by atoms with van der Waals surface area (Å²) in [5, 5.41) is 6.56. The second-order valence-corrected chi connectivity index (χ2v) is 4.51. The van der Waals surface area contributed by atoms with Gasteiger partial charge >= 0.3 is 0 Å². The minimum atomic E-state index is -0.171. The lowest BCUT2D eigenvalue weighted by Crippen LogP contribution is -2.27. The van der Waals surface area contributed by atoms with E-state index in [9.17, 15) is 9.59 Å². The molecule has 19 heavy (non-hydrogen) atoms. The Morgan fingerprint density at radius 1 is 1.42 bits per heavy atom. The Kier molecular flexibility index (Phi) is 5.78. The van der Waals surface area contributed by atoms with Crippen molar-refractivity contribution in [1.29, 1.82) is 0 Å². The molecule has 1 rings (SSSR count). The molecule has 6 heteroatoms. The van der Waals surface area contributed by atoms with Crippen molar-refractivity contribution in [3.05, 3.63) is 24.2 Å². The van der Waals surface area contributed by atoms with Crippen LogP contribution in [0.15, 0.2) is 27.9 Å². The second kappa shape index (κ2) is 7.35. The molecule has 1 aromatic rings. The lowest BCUT2D eigenvalue weighted by atomic mass is 10.2. The molecule has 0 bridgehead atoms. The van der Waals surface area contributed by atoms with Crippen molar-refractivity contribution in [2.75, 3.05) is 0 Å². The van der Waals surface area contributed by atoms with Gasteiger partial charge in [0.2, 0.25) is 11.8 Å². The number of carbonyl (C=O) groups is 2. The highest BCUT2D eigenvalue weighted by atomic mass is 16.3. The number of carbonyl (C=O) groups excluding carboxylic acids is 2. The predicted octanol–water partition coefficient (Wildman–Crippen LogP) is 1.43. The van der Waals surface area contributed by atoms with Gasteiger partial charge in [0, 0.05) is 11.6 Å². The average molecular weight is 265 g/mol. The quantitative estimate of drug-likeness (QED) is 0.603. The third-order valence-electron chi connectivity index (χ3n) is 2.34. The van der Waals surface area contributed by atoms with Gasteiger partial charge in [-0.2, -0.15) is 5.10 Å². The molecule has 0 aliphatic rings. The van der Waals surface area contributed by atoms with E-state index in [2.05, 4.69) is 15.8 Å². The third kappa shape index (κ3) is 5.85. The zero-order valence-electron chi connectivity index (χ0n) is 11.4. The summed E-state index contributed by atoms with van der Waals surface area (Å²) in [5.41, 5.74) is 2.95. The van der Waals surface area contributed by atoms with Crippen LogP contribution in [-0.4, -0.2) is 17.5 Å². The Bertz CT molecular complexity index is 450. The summed E-state index contributed by atoms with van der Waals surface area (Å²) < 4.78 is 5.09. The molecule has 0 aliphatic heterocycles. The van der Waals surface area contributed by atoms with Crippen LogP contribution in [0.25, 0.3) is 0 Å². The van der Waals surface area contributed by atoms with E-state index in [1.165, 1.54) is 0 Å². The molecule has 1 aromatic heterocycles. The number of rotatable bonds is 6. The molecule has 0 unspecified atom stereocenters. The van der Waals surface area contributed by atoms with E-state index < -0.39 is 0 Å². The van der Waals surface area contributed by atoms with Crippen molar-refractivity contribution in [3.63, 3.8) is 0 Å². The first-order chi connectivity index (χ1) is 8.99. The maximum absolute atomic E-state index is 11.6. The Morgan fingerprint density at radius 3 is 2.74 bits per heavy atom. The minimum absolute atomic E-state index is 0.135. The van der Waals surface area contributed by atoms with Gasteiger partial charge in [-0.15, -0.1) is 0 Å². The van der Waals surface area contributed by atoms with Crippen LogP contribution in [0.2, 0.25) is 0 Å². The summed E-state index contributed by atoms with van der Waals surface area (Å²) in [6.45, 7) is 5.58. The summed E-state index contributed by atoms with van der Waals surface area (Å²) >= 11 is 0. The van der Waals surface area contributed by atoms with E-state index in [0.717, 1.165) is 0 Å². The molecule has 0 aromatic carbocycles. The van der Waals surface area contributed by atoms with Crippen LogP contribution in [0.4, 0.5) is 0 Å². The van der Waals surface area contributed by atoms with Crippen LogP contribution < -0.4 is 10.7 Å². The SMILES string of the molecule is CC(CC(=O)NCc1ccco1)=NNC(=O)C(C)C. The maximum Gasteiger partial charge on any atom is 0.242 e. The number of hydrogen-bond acceptors (Lipinski definition) is 4. The average Bonchev–Trinajstić information content (AvgIpc) is 2.86. The van der Waals surface area contributed by atoms with Gasteiger partial charge in [0.05, 0.1) is 19.2 Å². The summed E-state index contributed by atoms with van der Waals surface area (Å²) in [4.78, 5) is 22.9. The van der Waals surface area contributed by atoms with Crippen molar-refractivity contribution in [2.45, 2.75) is 33.7 Å². The smallest absolute Gasteiger partial charge is 0.242 e. The van der Waals surface area contributed by atoms with E-state index in [0.29, 0.717) is 18.0 Å². The molecule has 0 fully saturated rings. The summed E-state index contributed by atoms with van der Waals surface area (Å²) in [6.07, 6.45) is 1.69. The zero-order chi connectivity index (χ0) is 14.3. The zero-order valence-corrected chi connectivity index (χ0v) is 11.4. The van der Waals surface area contributed by atoms with E-state index in [1.54, 1.807) is 39.2 Å². The predicted molar refractivity (Wildman–Crippen MR) is 71.3 cm³/mol. The Hall–Kier alpha value is -2.11. The van der Waals surface area contributed by atoms with E-state index in [-0.39, 0.29) is 24.2 Å². The molecule has 2 amide bonds. The molecule has 0 radical (unpaired) electrons. The molecule has 104 valence electrons. The number of hydrazone groups is 1. The highest BCUT2D eigenvalue weighted by Gasteiger charge is 2.07. The molecule has 0 aliphatic carbocycles. The molecule has 1 heterocycles. The Morgan fingerprint density at radius 2 is 2.16 bits per heavy atom. The van der Waals surface area contributed by atoms with Crippen molar-refractivity contribution >= 4 is 17.5 Å². The van der Waals surface area contributed by atoms with Gasteiger partial charge in [-0.3, -0.25) is 9.59 Å². The lowest BCUT2D eigenvalue weighted by molar-refractivity contribution is -0.124. The van der Waals surface area contributed by atoms with Crippen LogP contribution in [0.3, 0.4) is 0 Å². The van der Waals surface area contributed by atoms with E-state index >= 15 is 0 Å². The summed E-state index contributed by atoms with van der Waals surface area (Å²) in [7, 11) is 0. The molecular weight excluding hydrogens is 246 g/mol. The van der Waals surface area contributed by atoms with Crippen LogP contribution in [0.5, 0.6) is 0 Å². The van der Waals surface area contributed by atoms with Gasteiger partial charge in [-0.1, -0.05) is 13.8 Å². The lowest BCUT2D eigenvalue weighted by Gasteiger charge is -2.05. The molecule has 2 N–H and O–H groups in total. The van der Waals surface area contributed by atoms with Gasteiger partial charge in [0.15, 0.2) is 0 Å². The molecule has 0 atom stereocenters. The summed E-state index contributed by atoms with van der Waals surface area (Å²) in [5.74, 6) is 0.215. The number of nitrogens with zero attached hydrogens (tertiary/aromatic N) is 1. The third-order valence-corrected chi connectivity index (χ3v) is 2.34. The molecule has 0 spiro atoms. The van der Waals surface area contributed by atoms with Crippen LogP contribution in [0, 0.1) is 5.92 Å². The van der Waals surface area contributed by atoms with Crippen LogP contribution in [-0.2, 0) is 16.1 Å². The number of furan rings is 1. The van der Waals surface area contributed by atoms with Crippen molar-refractivity contribution in [2.24, 2.45) is 11.0 Å². The van der Waals surface area contributed by atoms with Crippen molar-refractivity contribution in [1.82, 2.24) is 10.7 Å². The molecule has 6 nitrogen and oxygen atoms in total. The highest BCUT2D eigenvalue weighted by Crippen LogP contribution is 1.99. The van der Waals surface area contributed by atoms with Crippen LogP contribution in [0.1, 0.15) is 33.0 Å². The number of nitrogens with one attached hydrogen (secondary N) is 2. The van der Waals surface area contributed by atoms with Crippen molar-refractivity contribution in [3.8, 4) is 0 Å². The van der Waals surface area contributed by atoms with E-state index in [4.69, 9.17) is 4.42 Å². The fraction of sp³-hybridized carbons (Fsp3) is 0.462. The van der Waals surface area contributed by atoms with Gasteiger partial charge in [-0.05, 0) is 19.1 Å². The topological polar surface area (TPSA) is 83.7 Å². The maximum atomic E-state index is 11.6. The molecule has 0 saturated heterocycles. The van der Waals surface area contributed by atoms with Gasteiger partial charge in [0.1, 0.15) is 5.76 Å². The Balaban J connectivity index is 2.31. The highest BCUT2D eigenvalue weighted by molar-refractivity contribution is 6.00. The Labute approximate surface area is 112 Å². The minimum Gasteiger partial charge on any atom is -0.467 e. The standard InChI is InChI=1S/C13H19N3O3/c1-9(2)13(18)16-15-10(3)7-12(17)14-8-11-5-4-6-19-11/h4-6,9H,7-8H2,1-3H3,(H,14,17)(H,16,18). The number of hydrogen-bond donors (Lipinski definition) is 2. The first kappa shape index (κ1) is 14.9. The fourth-order valence-corrected chi connectivity index (χ4v) is 1.21. The molecule has 0 saturated carbocycles. The number of amides is 2. The van der Waals surface area contributed by atoms with E-state index in [1.807, 2.05) is 0 Å². The first-order valence-electron chi connectivity index (χ1n) is 6.11.